The zero-order chi connectivity index (χ0) is 25.7. The number of nitrogens with zero attached hydrogens (tertiary/aromatic N) is 2. The van der Waals surface area contributed by atoms with E-state index < -0.39 is 5.97 Å². The molecule has 1 aromatic heterocycles. The Morgan fingerprint density at radius 1 is 0.889 bits per heavy atom. The van der Waals surface area contributed by atoms with E-state index in [-0.39, 0.29) is 24.7 Å². The molecule has 0 atom stereocenters. The third-order valence-electron chi connectivity index (χ3n) is 5.55. The zero-order valence-corrected chi connectivity index (χ0v) is 20.6. The van der Waals surface area contributed by atoms with Crippen molar-refractivity contribution in [2.75, 3.05) is 0 Å². The Balaban J connectivity index is 1.60. The molecule has 0 radical (unpaired) electrons. The molecule has 6 nitrogen and oxygen atoms in total. The van der Waals surface area contributed by atoms with Gasteiger partial charge in [-0.15, -0.1) is 0 Å². The Hall–Kier alpha value is -3.55. The van der Waals surface area contributed by atoms with Crippen molar-refractivity contribution in [3.8, 4) is 11.3 Å². The van der Waals surface area contributed by atoms with Gasteiger partial charge in [0, 0.05) is 34.1 Å². The number of carboxylic acids is 1. The summed E-state index contributed by atoms with van der Waals surface area (Å²) in [5, 5.41) is 12.7. The van der Waals surface area contributed by atoms with Gasteiger partial charge in [-0.1, -0.05) is 23.2 Å². The monoisotopic (exact) mass is 525 g/mol. The molecule has 2 N–H and O–H groups in total. The lowest BCUT2D eigenvalue weighted by atomic mass is 10.0. The second kappa shape index (κ2) is 11.5. The summed E-state index contributed by atoms with van der Waals surface area (Å²) in [4.78, 5) is 33.2. The van der Waals surface area contributed by atoms with Crippen LogP contribution >= 0.6 is 23.2 Å². The molecule has 0 aliphatic rings. The Kier molecular flexibility index (Phi) is 8.13. The fourth-order valence-electron chi connectivity index (χ4n) is 3.81. The first-order valence-corrected chi connectivity index (χ1v) is 12.1. The number of rotatable bonds is 9. The van der Waals surface area contributed by atoms with E-state index in [1.165, 1.54) is 12.1 Å². The Morgan fingerprint density at radius 3 is 2.31 bits per heavy atom. The predicted molar refractivity (Wildman–Crippen MR) is 138 cm³/mol. The number of benzene rings is 3. The van der Waals surface area contributed by atoms with Crippen LogP contribution in [0.1, 0.15) is 40.9 Å². The van der Waals surface area contributed by atoms with Crippen LogP contribution in [0.2, 0.25) is 10.0 Å². The van der Waals surface area contributed by atoms with Gasteiger partial charge in [0.2, 0.25) is 0 Å². The van der Waals surface area contributed by atoms with Gasteiger partial charge in [-0.3, -0.25) is 9.59 Å². The summed E-state index contributed by atoms with van der Waals surface area (Å²) >= 11 is 12.1. The van der Waals surface area contributed by atoms with Crippen molar-refractivity contribution in [2.24, 2.45) is 0 Å². The quantitative estimate of drug-likeness (QED) is 0.244. The van der Waals surface area contributed by atoms with Gasteiger partial charge in [0.25, 0.3) is 5.91 Å². The van der Waals surface area contributed by atoms with Crippen LogP contribution in [0.15, 0.2) is 60.7 Å². The third kappa shape index (κ3) is 6.56. The molecule has 4 rings (SSSR count). The Bertz CT molecular complexity index is 1410. The van der Waals surface area contributed by atoms with Gasteiger partial charge in [0.05, 0.1) is 22.4 Å². The highest BCUT2D eigenvalue weighted by molar-refractivity contribution is 6.34. The molecule has 0 spiro atoms. The number of hydrogen-bond donors (Lipinski definition) is 2. The van der Waals surface area contributed by atoms with Crippen molar-refractivity contribution in [3.63, 3.8) is 0 Å². The van der Waals surface area contributed by atoms with E-state index in [1.807, 2.05) is 0 Å². The van der Waals surface area contributed by atoms with Gasteiger partial charge in [0.15, 0.2) is 0 Å². The molecule has 0 saturated carbocycles. The Labute approximate surface area is 217 Å². The minimum atomic E-state index is -0.853. The molecule has 3 aromatic carbocycles. The van der Waals surface area contributed by atoms with Gasteiger partial charge < -0.3 is 10.4 Å². The lowest BCUT2D eigenvalue weighted by Crippen LogP contribution is -2.22. The third-order valence-corrected chi connectivity index (χ3v) is 5.98. The van der Waals surface area contributed by atoms with Gasteiger partial charge in [-0.25, -0.2) is 14.4 Å². The van der Waals surface area contributed by atoms with Gasteiger partial charge in [-0.2, -0.15) is 0 Å². The molecule has 0 saturated heterocycles. The summed E-state index contributed by atoms with van der Waals surface area (Å²) in [6.45, 7) is 0.251. The number of nitrogens with one attached hydrogen (secondary N) is 1. The Morgan fingerprint density at radius 2 is 1.61 bits per heavy atom. The topological polar surface area (TPSA) is 92.2 Å². The molecular weight excluding hydrogens is 504 g/mol. The van der Waals surface area contributed by atoms with E-state index in [0.717, 1.165) is 5.56 Å². The van der Waals surface area contributed by atoms with Crippen LogP contribution < -0.4 is 5.32 Å². The number of carboxylic acid groups (broad SMARTS) is 1. The van der Waals surface area contributed by atoms with Crippen LogP contribution in [0.4, 0.5) is 4.39 Å². The first-order valence-electron chi connectivity index (χ1n) is 11.3. The molecule has 1 heterocycles. The molecule has 0 aliphatic carbocycles. The molecule has 0 bridgehead atoms. The second-order valence-electron chi connectivity index (χ2n) is 8.29. The fourth-order valence-corrected chi connectivity index (χ4v) is 4.38. The number of aromatic nitrogens is 2. The number of carbonyl (C=O) groups excluding carboxylic acids is 1. The van der Waals surface area contributed by atoms with Crippen molar-refractivity contribution in [3.05, 3.63) is 93.3 Å². The summed E-state index contributed by atoms with van der Waals surface area (Å²) in [6.07, 6.45) is 1.65. The largest absolute Gasteiger partial charge is 0.481 e. The van der Waals surface area contributed by atoms with Crippen molar-refractivity contribution in [1.82, 2.24) is 15.3 Å². The molecular formula is C27H22Cl2FN3O3. The normalized spacial score (nSPS) is 11.0. The van der Waals surface area contributed by atoms with Crippen LogP contribution in [0, 0.1) is 5.82 Å². The molecule has 0 fully saturated rings. The van der Waals surface area contributed by atoms with Crippen LogP contribution in [0.25, 0.3) is 22.3 Å². The maximum Gasteiger partial charge on any atom is 0.303 e. The molecule has 1 amide bonds. The van der Waals surface area contributed by atoms with Crippen molar-refractivity contribution in [2.45, 2.75) is 32.2 Å². The van der Waals surface area contributed by atoms with Gasteiger partial charge in [0.1, 0.15) is 5.82 Å². The summed E-state index contributed by atoms with van der Waals surface area (Å²) in [5.41, 5.74) is 4.28. The van der Waals surface area contributed by atoms with E-state index >= 15 is 0 Å². The molecule has 36 heavy (non-hydrogen) atoms. The van der Waals surface area contributed by atoms with E-state index in [0.29, 0.717) is 62.9 Å². The molecule has 9 heteroatoms. The smallest absolute Gasteiger partial charge is 0.303 e. The second-order valence-corrected chi connectivity index (χ2v) is 9.16. The SMILES string of the molecule is O=C(O)CCCCc1nc2cc(C(=O)NCc3cc(Cl)cc(Cl)c3)ccc2nc1-c1ccc(F)cc1. The number of halogens is 3. The minimum absolute atomic E-state index is 0.0645. The number of amides is 1. The standard InChI is InChI=1S/C27H22Cl2FN3O3/c28-19-11-16(12-20(29)14-19)15-31-27(36)18-7-10-22-24(13-18)32-23(3-1-2-4-25(34)35)26(33-22)17-5-8-21(30)9-6-17/h5-14H,1-4,15H2,(H,31,36)(H,34,35). The number of aliphatic carboxylic acids is 1. The minimum Gasteiger partial charge on any atom is -0.481 e. The van der Waals surface area contributed by atoms with Crippen LogP contribution in [0.3, 0.4) is 0 Å². The fraction of sp³-hybridized carbons (Fsp3) is 0.185. The zero-order valence-electron chi connectivity index (χ0n) is 19.1. The summed E-state index contributed by atoms with van der Waals surface area (Å²) in [5.74, 6) is -1.50. The number of fused-ring (bicyclic) bond motifs is 1. The molecule has 0 unspecified atom stereocenters. The summed E-state index contributed by atoms with van der Waals surface area (Å²) < 4.78 is 13.5. The van der Waals surface area contributed by atoms with Crippen molar-refractivity contribution < 1.29 is 19.1 Å². The number of hydrogen-bond acceptors (Lipinski definition) is 4. The van der Waals surface area contributed by atoms with Crippen LogP contribution in [-0.4, -0.2) is 27.0 Å². The lowest BCUT2D eigenvalue weighted by Gasteiger charge is -2.11. The van der Waals surface area contributed by atoms with Crippen LogP contribution in [-0.2, 0) is 17.8 Å². The van der Waals surface area contributed by atoms with Gasteiger partial charge in [-0.05, 0) is 85.5 Å². The summed E-state index contributed by atoms with van der Waals surface area (Å²) in [7, 11) is 0. The number of unbranched alkanes of at least 4 members (excludes halogenated alkanes) is 1. The van der Waals surface area contributed by atoms with Gasteiger partial charge >= 0.3 is 5.97 Å². The van der Waals surface area contributed by atoms with Crippen molar-refractivity contribution in [1.29, 1.82) is 0 Å². The van der Waals surface area contributed by atoms with Crippen LogP contribution in [0.5, 0.6) is 0 Å². The molecule has 4 aromatic rings. The highest BCUT2D eigenvalue weighted by Gasteiger charge is 2.14. The first kappa shape index (κ1) is 25.5. The summed E-state index contributed by atoms with van der Waals surface area (Å²) in [6, 6.07) is 16.1. The number of aryl methyl sites for hydroxylation is 1. The van der Waals surface area contributed by atoms with E-state index in [2.05, 4.69) is 5.32 Å². The molecule has 0 aliphatic heterocycles. The maximum absolute atomic E-state index is 13.5. The average Bonchev–Trinajstić information content (AvgIpc) is 2.84. The highest BCUT2D eigenvalue weighted by atomic mass is 35.5. The number of carbonyl (C=O) groups is 2. The average molecular weight is 526 g/mol. The highest BCUT2D eigenvalue weighted by Crippen LogP contribution is 2.26. The van der Waals surface area contributed by atoms with E-state index in [1.54, 1.807) is 48.5 Å². The predicted octanol–water partition coefficient (Wildman–Crippen LogP) is 6.47. The lowest BCUT2D eigenvalue weighted by molar-refractivity contribution is -0.137. The van der Waals surface area contributed by atoms with Crippen molar-refractivity contribution >= 4 is 46.1 Å². The van der Waals surface area contributed by atoms with E-state index in [4.69, 9.17) is 38.3 Å². The van der Waals surface area contributed by atoms with E-state index in [9.17, 15) is 14.0 Å². The first-order chi connectivity index (χ1) is 17.3. The molecule has 184 valence electrons. The maximum atomic E-state index is 13.5.